The maximum Gasteiger partial charge on any atom is 0.511 e. The molecule has 1 radical (unpaired) electrons. The van der Waals surface area contributed by atoms with Crippen LogP contribution in [0.5, 0.6) is 0 Å². The minimum Gasteiger partial charge on any atom is -0.434 e. The van der Waals surface area contributed by atoms with E-state index in [2.05, 4.69) is 5.32 Å². The van der Waals surface area contributed by atoms with Crippen molar-refractivity contribution >= 4 is 51.4 Å². The van der Waals surface area contributed by atoms with E-state index >= 15 is 0 Å². The molecule has 3 unspecified atom stereocenters. The predicted molar refractivity (Wildman–Crippen MR) is 155 cm³/mol. The van der Waals surface area contributed by atoms with E-state index in [1.807, 2.05) is 36.6 Å². The van der Waals surface area contributed by atoms with Gasteiger partial charge in [0.1, 0.15) is 6.54 Å². The monoisotopic (exact) mass is 579 g/mol. The van der Waals surface area contributed by atoms with Gasteiger partial charge in [-0.05, 0) is 37.3 Å². The van der Waals surface area contributed by atoms with Gasteiger partial charge in [0.25, 0.3) is 6.29 Å². The lowest BCUT2D eigenvalue weighted by molar-refractivity contribution is -0.172. The Morgan fingerprint density at radius 3 is 2.26 bits per heavy atom. The molecule has 0 saturated heterocycles. The van der Waals surface area contributed by atoms with Crippen LogP contribution in [0.4, 0.5) is 4.79 Å². The van der Waals surface area contributed by atoms with Crippen molar-refractivity contribution in [3.8, 4) is 0 Å². The molecule has 3 atom stereocenters. The molecule has 2 aromatic carbocycles. The van der Waals surface area contributed by atoms with Crippen LogP contribution in [0.1, 0.15) is 30.8 Å². The van der Waals surface area contributed by atoms with Crippen LogP contribution in [-0.2, 0) is 30.2 Å². The molecule has 2 aromatic rings. The van der Waals surface area contributed by atoms with E-state index in [-0.39, 0.29) is 31.0 Å². The van der Waals surface area contributed by atoms with Crippen molar-refractivity contribution in [2.45, 2.75) is 32.1 Å². The van der Waals surface area contributed by atoms with Crippen molar-refractivity contribution in [3.05, 3.63) is 71.8 Å². The summed E-state index contributed by atoms with van der Waals surface area (Å²) in [5.41, 5.74) is 9.58. The molecule has 0 spiro atoms. The molecule has 2 rings (SSSR count). The topological polar surface area (TPSA) is 115 Å². The summed E-state index contributed by atoms with van der Waals surface area (Å²) in [6.45, 7) is 1.38. The molecule has 8 nitrogen and oxygen atoms in total. The van der Waals surface area contributed by atoms with Crippen molar-refractivity contribution < 1.29 is 28.6 Å². The normalized spacial score (nSPS) is 13.1. The first-order chi connectivity index (χ1) is 18.4. The largest absolute Gasteiger partial charge is 0.511 e. The number of thioether (sulfide) groups is 1. The third-order valence-electron chi connectivity index (χ3n) is 5.17. The van der Waals surface area contributed by atoms with Gasteiger partial charge in [0.15, 0.2) is 0 Å². The van der Waals surface area contributed by atoms with E-state index in [1.165, 1.54) is 0 Å². The summed E-state index contributed by atoms with van der Waals surface area (Å²) in [4.78, 5) is 37.5. The number of hydrogen-bond acceptors (Lipinski definition) is 9. The fourth-order valence-electron chi connectivity index (χ4n) is 3.20. The fourth-order valence-corrected chi connectivity index (χ4v) is 6.24. The summed E-state index contributed by atoms with van der Waals surface area (Å²) in [7, 11) is 3.16. The molecule has 38 heavy (non-hydrogen) atoms. The molecule has 11 heteroatoms. The van der Waals surface area contributed by atoms with E-state index in [4.69, 9.17) is 19.9 Å². The number of amides is 1. The van der Waals surface area contributed by atoms with Crippen LogP contribution in [-0.4, -0.2) is 60.7 Å². The van der Waals surface area contributed by atoms with Crippen LogP contribution in [0.3, 0.4) is 0 Å². The molecule has 0 fully saturated rings. The predicted octanol–water partition coefficient (Wildman–Crippen LogP) is 5.16. The highest BCUT2D eigenvalue weighted by Crippen LogP contribution is 2.27. The molecule has 0 aliphatic carbocycles. The number of carbonyl (C=O) groups is 3. The molecular weight excluding hydrogens is 545 g/mol. The first-order valence-corrected chi connectivity index (χ1v) is 16.1. The zero-order valence-electron chi connectivity index (χ0n) is 21.6. The van der Waals surface area contributed by atoms with Crippen LogP contribution in [0, 0.1) is 5.92 Å². The van der Waals surface area contributed by atoms with Crippen LogP contribution in [0.2, 0.25) is 0 Å². The van der Waals surface area contributed by atoms with Crippen molar-refractivity contribution in [2.24, 2.45) is 5.92 Å². The molecule has 2 N–H and O–H groups in total. The van der Waals surface area contributed by atoms with Gasteiger partial charge in [-0.25, -0.2) is 4.79 Å². The van der Waals surface area contributed by atoms with Gasteiger partial charge in [-0.1, -0.05) is 82.3 Å². The zero-order chi connectivity index (χ0) is 27.6. The molecule has 0 heterocycles. The Hall–Kier alpha value is -2.34. The maximum absolute atomic E-state index is 13.1. The molecular formula is C27H35N2O6S3. The molecule has 0 saturated carbocycles. The Morgan fingerprint density at radius 2 is 1.61 bits per heavy atom. The fraction of sp³-hybridized carbons (Fsp3) is 0.444. The highest BCUT2D eigenvalue weighted by molar-refractivity contribution is 8.76. The minimum atomic E-state index is -1.30. The minimum absolute atomic E-state index is 0.115. The lowest BCUT2D eigenvalue weighted by Crippen LogP contribution is -2.37. The molecule has 207 valence electrons. The Balaban J connectivity index is 1.93. The molecule has 0 aliphatic heterocycles. The summed E-state index contributed by atoms with van der Waals surface area (Å²) in [6, 6.07) is 18.1. The van der Waals surface area contributed by atoms with Gasteiger partial charge in [0.2, 0.25) is 5.91 Å². The second kappa shape index (κ2) is 18.8. The Morgan fingerprint density at radius 1 is 0.947 bits per heavy atom. The number of hydrogen-bond donors (Lipinski definition) is 1. The Bertz CT molecular complexity index is 968. The van der Waals surface area contributed by atoms with Crippen LogP contribution >= 0.6 is 33.3 Å². The number of benzene rings is 2. The van der Waals surface area contributed by atoms with Crippen molar-refractivity contribution in [2.75, 3.05) is 36.7 Å². The second-order valence-corrected chi connectivity index (χ2v) is 11.7. The molecule has 1 amide bonds. The van der Waals surface area contributed by atoms with Crippen LogP contribution < -0.4 is 11.1 Å². The summed E-state index contributed by atoms with van der Waals surface area (Å²) in [5, 5.41) is 2.67. The van der Waals surface area contributed by atoms with Gasteiger partial charge in [-0.15, -0.1) is 0 Å². The van der Waals surface area contributed by atoms with E-state index in [9.17, 15) is 14.4 Å². The number of esters is 1. The molecule has 0 aliphatic rings. The first-order valence-electron chi connectivity index (χ1n) is 12.3. The van der Waals surface area contributed by atoms with Crippen molar-refractivity contribution in [1.29, 1.82) is 0 Å². The van der Waals surface area contributed by atoms with E-state index in [0.29, 0.717) is 23.5 Å². The van der Waals surface area contributed by atoms with Crippen molar-refractivity contribution in [1.82, 2.24) is 11.1 Å². The third-order valence-corrected chi connectivity index (χ3v) is 8.37. The molecule has 0 aromatic heterocycles. The van der Waals surface area contributed by atoms with E-state index in [0.717, 1.165) is 17.7 Å². The number of carbonyl (C=O) groups excluding carboxylic acids is 3. The Labute approximate surface area is 236 Å². The summed E-state index contributed by atoms with van der Waals surface area (Å²) >= 11 is 1.74. The van der Waals surface area contributed by atoms with Gasteiger partial charge in [-0.3, -0.25) is 15.3 Å². The third kappa shape index (κ3) is 12.9. The summed E-state index contributed by atoms with van der Waals surface area (Å²) in [5.74, 6) is 0.796. The lowest BCUT2D eigenvalue weighted by Gasteiger charge is -2.19. The smallest absolute Gasteiger partial charge is 0.434 e. The van der Waals surface area contributed by atoms with Crippen LogP contribution in [0.15, 0.2) is 60.7 Å². The maximum atomic E-state index is 13.1. The van der Waals surface area contributed by atoms with Gasteiger partial charge in [0.05, 0.1) is 12.5 Å². The standard InChI is InChI=1S/C27H35N2O6S3/c1-3-33-27(32)35-26(21-12-8-5-9-13-21)34-24(30)17-29-25(31)22(16-20-10-6-4-7-11-20)18-37-38-19-23(28)14-15-36-2/h4-13,22-23,26,28H,3,14-19H2,1-2H3,(H,29,31). The number of nitrogens with one attached hydrogen (secondary N) is 2. The number of ether oxygens (including phenoxy) is 3. The second-order valence-electron chi connectivity index (χ2n) is 8.19. The quantitative estimate of drug-likeness (QED) is 0.117. The lowest BCUT2D eigenvalue weighted by atomic mass is 10.0. The molecule has 0 bridgehead atoms. The Kier molecular flexibility index (Phi) is 15.8. The average Bonchev–Trinajstić information content (AvgIpc) is 2.93. The van der Waals surface area contributed by atoms with Crippen molar-refractivity contribution in [3.63, 3.8) is 0 Å². The summed E-state index contributed by atoms with van der Waals surface area (Å²) < 4.78 is 15.3. The number of rotatable bonds is 17. The van der Waals surface area contributed by atoms with Crippen LogP contribution in [0.25, 0.3) is 0 Å². The zero-order valence-corrected chi connectivity index (χ0v) is 24.1. The first kappa shape index (κ1) is 31.9. The van der Waals surface area contributed by atoms with E-state index < -0.39 is 18.4 Å². The summed E-state index contributed by atoms with van der Waals surface area (Å²) in [6.07, 6.45) is 1.14. The van der Waals surface area contributed by atoms with Gasteiger partial charge in [-0.2, -0.15) is 11.8 Å². The SMILES string of the molecule is CCOC(=O)OC(OC(=O)CNC(=O)C(CSSCC([NH])CCSC)Cc1ccccc1)c1ccccc1. The highest BCUT2D eigenvalue weighted by atomic mass is 33.1. The average molecular weight is 580 g/mol. The van der Waals surface area contributed by atoms with E-state index in [1.54, 1.807) is 70.6 Å². The highest BCUT2D eigenvalue weighted by Gasteiger charge is 2.24. The van der Waals surface area contributed by atoms with Gasteiger partial charge < -0.3 is 19.5 Å². The van der Waals surface area contributed by atoms with Gasteiger partial charge in [0, 0.05) is 23.1 Å². The van der Waals surface area contributed by atoms with Gasteiger partial charge >= 0.3 is 12.1 Å².